The third kappa shape index (κ3) is 4.04. The second-order valence-corrected chi connectivity index (χ2v) is 4.80. The average molecular weight is 257 g/mol. The minimum absolute atomic E-state index is 0.269. The molecule has 0 aliphatic carbocycles. The molecule has 1 rings (SSSR count). The van der Waals surface area contributed by atoms with Gasteiger partial charge in [0.15, 0.2) is 5.82 Å². The average Bonchev–Trinajstić information content (AvgIpc) is 2.28. The first-order valence-electron chi connectivity index (χ1n) is 6.11. The minimum Gasteiger partial charge on any atom is -0.368 e. The van der Waals surface area contributed by atoms with Gasteiger partial charge in [0.25, 0.3) is 0 Å². The Hall–Kier alpha value is -1.03. The van der Waals surface area contributed by atoms with Crippen LogP contribution in [0.5, 0.6) is 0 Å². The first-order chi connectivity index (χ1) is 8.06. The van der Waals surface area contributed by atoms with E-state index in [-0.39, 0.29) is 5.95 Å². The van der Waals surface area contributed by atoms with Gasteiger partial charge < -0.3 is 10.6 Å². The fourth-order valence-electron chi connectivity index (χ4n) is 1.71. The molecule has 4 nitrogen and oxygen atoms in total. The Morgan fingerprint density at radius 2 is 2.12 bits per heavy atom. The quantitative estimate of drug-likeness (QED) is 0.795. The van der Waals surface area contributed by atoms with E-state index < -0.39 is 0 Å². The molecule has 0 atom stereocenters. The zero-order valence-electron chi connectivity index (χ0n) is 10.8. The number of nitrogen functional groups attached to an aromatic ring is 1. The second kappa shape index (κ2) is 6.64. The van der Waals surface area contributed by atoms with Crippen molar-refractivity contribution in [3.05, 3.63) is 11.2 Å². The molecule has 0 spiro atoms. The molecule has 0 saturated carbocycles. The molecule has 0 unspecified atom stereocenters. The normalized spacial score (nSPS) is 10.9. The highest BCUT2D eigenvalue weighted by Gasteiger charge is 2.15. The van der Waals surface area contributed by atoms with Gasteiger partial charge >= 0.3 is 0 Å². The molecule has 1 heterocycles. The van der Waals surface area contributed by atoms with Crippen molar-refractivity contribution in [3.63, 3.8) is 0 Å². The molecule has 0 aromatic carbocycles. The third-order valence-electron chi connectivity index (χ3n) is 2.64. The Bertz CT molecular complexity index is 354. The molecule has 1 aromatic heterocycles. The first-order valence-corrected chi connectivity index (χ1v) is 6.48. The number of halogens is 1. The fraction of sp³-hybridized carbons (Fsp3) is 0.667. The van der Waals surface area contributed by atoms with Gasteiger partial charge in [-0.1, -0.05) is 31.4 Å². The van der Waals surface area contributed by atoms with Crippen LogP contribution < -0.4 is 10.6 Å². The van der Waals surface area contributed by atoms with E-state index in [1.807, 2.05) is 0 Å². The number of aromatic nitrogens is 2. The standard InChI is InChI=1S/C12H21ClN4/c1-4-5-6-7-17(9(2)3)11-10(13)8-15-12(14)16-11/h8-9H,4-7H2,1-3H3,(H2,14,15,16). The molecule has 0 aliphatic heterocycles. The zero-order chi connectivity index (χ0) is 12.8. The van der Waals surface area contributed by atoms with Crippen LogP contribution in [0.3, 0.4) is 0 Å². The van der Waals surface area contributed by atoms with Crippen LogP contribution in [0.15, 0.2) is 6.20 Å². The summed E-state index contributed by atoms with van der Waals surface area (Å²) in [5, 5.41) is 0.560. The molecule has 2 N–H and O–H groups in total. The summed E-state index contributed by atoms with van der Waals surface area (Å²) in [5.41, 5.74) is 5.61. The molecule has 0 radical (unpaired) electrons. The highest BCUT2D eigenvalue weighted by molar-refractivity contribution is 6.32. The molecule has 5 heteroatoms. The molecular weight excluding hydrogens is 236 g/mol. The lowest BCUT2D eigenvalue weighted by Crippen LogP contribution is -2.33. The summed E-state index contributed by atoms with van der Waals surface area (Å²) in [4.78, 5) is 10.3. The van der Waals surface area contributed by atoms with Gasteiger partial charge in [-0.15, -0.1) is 0 Å². The van der Waals surface area contributed by atoms with Crippen molar-refractivity contribution in [2.75, 3.05) is 17.2 Å². The number of nitrogens with two attached hydrogens (primary N) is 1. The van der Waals surface area contributed by atoms with E-state index in [1.54, 1.807) is 6.20 Å². The largest absolute Gasteiger partial charge is 0.368 e. The van der Waals surface area contributed by atoms with E-state index in [4.69, 9.17) is 17.3 Å². The van der Waals surface area contributed by atoms with Gasteiger partial charge in [-0.3, -0.25) is 0 Å². The molecule has 1 aromatic rings. The van der Waals surface area contributed by atoms with Crippen LogP contribution in [0.4, 0.5) is 11.8 Å². The minimum atomic E-state index is 0.269. The maximum Gasteiger partial charge on any atom is 0.222 e. The second-order valence-electron chi connectivity index (χ2n) is 4.39. The molecule has 0 amide bonds. The van der Waals surface area contributed by atoms with Crippen molar-refractivity contribution in [2.24, 2.45) is 0 Å². The molecular formula is C12H21ClN4. The zero-order valence-corrected chi connectivity index (χ0v) is 11.5. The highest BCUT2D eigenvalue weighted by atomic mass is 35.5. The van der Waals surface area contributed by atoms with Gasteiger partial charge in [0.05, 0.1) is 6.20 Å². The van der Waals surface area contributed by atoms with E-state index in [9.17, 15) is 0 Å². The maximum absolute atomic E-state index is 6.13. The van der Waals surface area contributed by atoms with Crippen LogP contribution in [0.2, 0.25) is 5.02 Å². The van der Waals surface area contributed by atoms with Crippen molar-refractivity contribution < 1.29 is 0 Å². The van der Waals surface area contributed by atoms with Crippen LogP contribution >= 0.6 is 11.6 Å². The summed E-state index contributed by atoms with van der Waals surface area (Å²) in [6.45, 7) is 7.39. The number of unbranched alkanes of at least 4 members (excludes halogenated alkanes) is 2. The summed E-state index contributed by atoms with van der Waals surface area (Å²) in [6, 6.07) is 0.346. The molecule has 0 saturated heterocycles. The number of hydrogen-bond acceptors (Lipinski definition) is 4. The lowest BCUT2D eigenvalue weighted by atomic mass is 10.2. The fourth-order valence-corrected chi connectivity index (χ4v) is 1.91. The van der Waals surface area contributed by atoms with Crippen molar-refractivity contribution >= 4 is 23.4 Å². The predicted octanol–water partition coefficient (Wildman–Crippen LogP) is 3.12. The van der Waals surface area contributed by atoms with Gasteiger partial charge in [-0.05, 0) is 20.3 Å². The maximum atomic E-state index is 6.13. The summed E-state index contributed by atoms with van der Waals surface area (Å²) in [7, 11) is 0. The highest BCUT2D eigenvalue weighted by Crippen LogP contribution is 2.25. The van der Waals surface area contributed by atoms with Gasteiger partial charge in [0.2, 0.25) is 5.95 Å². The van der Waals surface area contributed by atoms with Crippen LogP contribution in [0.1, 0.15) is 40.0 Å². The predicted molar refractivity (Wildman–Crippen MR) is 73.5 cm³/mol. The SMILES string of the molecule is CCCCCN(c1nc(N)ncc1Cl)C(C)C. The monoisotopic (exact) mass is 256 g/mol. The van der Waals surface area contributed by atoms with E-state index in [2.05, 4.69) is 35.6 Å². The molecule has 0 aliphatic rings. The van der Waals surface area contributed by atoms with Crippen LogP contribution in [-0.4, -0.2) is 22.6 Å². The Morgan fingerprint density at radius 1 is 1.41 bits per heavy atom. The van der Waals surface area contributed by atoms with Crippen LogP contribution in [0, 0.1) is 0 Å². The van der Waals surface area contributed by atoms with Crippen molar-refractivity contribution in [2.45, 2.75) is 46.1 Å². The van der Waals surface area contributed by atoms with E-state index in [0.29, 0.717) is 11.1 Å². The third-order valence-corrected chi connectivity index (χ3v) is 2.91. The topological polar surface area (TPSA) is 55.0 Å². The van der Waals surface area contributed by atoms with Gasteiger partial charge in [0, 0.05) is 12.6 Å². The number of hydrogen-bond donors (Lipinski definition) is 1. The number of nitrogens with zero attached hydrogens (tertiary/aromatic N) is 3. The molecule has 0 fully saturated rings. The van der Waals surface area contributed by atoms with Gasteiger partial charge in [0.1, 0.15) is 5.02 Å². The summed E-state index contributed by atoms with van der Waals surface area (Å²) >= 11 is 6.13. The Kier molecular flexibility index (Phi) is 5.48. The lowest BCUT2D eigenvalue weighted by Gasteiger charge is -2.28. The summed E-state index contributed by atoms with van der Waals surface area (Å²) in [5.74, 6) is 1.01. The molecule has 0 bridgehead atoms. The van der Waals surface area contributed by atoms with Crippen molar-refractivity contribution in [1.82, 2.24) is 9.97 Å². The first kappa shape index (κ1) is 14.0. The van der Waals surface area contributed by atoms with Crippen molar-refractivity contribution in [3.8, 4) is 0 Å². The molecule has 17 heavy (non-hydrogen) atoms. The van der Waals surface area contributed by atoms with E-state index in [0.717, 1.165) is 18.8 Å². The smallest absolute Gasteiger partial charge is 0.222 e. The van der Waals surface area contributed by atoms with Gasteiger partial charge in [-0.2, -0.15) is 4.98 Å². The number of anilines is 2. The molecule has 96 valence electrons. The van der Waals surface area contributed by atoms with Gasteiger partial charge in [-0.25, -0.2) is 4.98 Å². The lowest BCUT2D eigenvalue weighted by molar-refractivity contribution is 0.620. The summed E-state index contributed by atoms with van der Waals surface area (Å²) in [6.07, 6.45) is 5.11. The van der Waals surface area contributed by atoms with Crippen LogP contribution in [0.25, 0.3) is 0 Å². The van der Waals surface area contributed by atoms with E-state index >= 15 is 0 Å². The Labute approximate surface area is 108 Å². The van der Waals surface area contributed by atoms with E-state index in [1.165, 1.54) is 12.8 Å². The summed E-state index contributed by atoms with van der Waals surface area (Å²) < 4.78 is 0. The Balaban J connectivity index is 2.85. The van der Waals surface area contributed by atoms with Crippen LogP contribution in [-0.2, 0) is 0 Å². The van der Waals surface area contributed by atoms with Crippen molar-refractivity contribution in [1.29, 1.82) is 0 Å². The number of rotatable bonds is 6. The Morgan fingerprint density at radius 3 is 2.71 bits per heavy atom.